The van der Waals surface area contributed by atoms with Gasteiger partial charge in [-0.3, -0.25) is 4.79 Å². The molecule has 1 aliphatic heterocycles. The second kappa shape index (κ2) is 8.19. The van der Waals surface area contributed by atoms with Gasteiger partial charge in [0, 0.05) is 36.1 Å². The number of aromatic nitrogens is 2. The van der Waals surface area contributed by atoms with Crippen molar-refractivity contribution < 1.29 is 4.79 Å². The molecule has 0 saturated carbocycles. The average Bonchev–Trinajstić information content (AvgIpc) is 2.73. The van der Waals surface area contributed by atoms with Gasteiger partial charge in [0.1, 0.15) is 0 Å². The van der Waals surface area contributed by atoms with E-state index in [-0.39, 0.29) is 5.91 Å². The Morgan fingerprint density at radius 3 is 2.93 bits per heavy atom. The Morgan fingerprint density at radius 1 is 1.28 bits per heavy atom. The van der Waals surface area contributed by atoms with Crippen molar-refractivity contribution in [3.63, 3.8) is 0 Å². The van der Waals surface area contributed by atoms with Crippen LogP contribution in [0.25, 0.3) is 11.0 Å². The van der Waals surface area contributed by atoms with Crippen molar-refractivity contribution in [3.8, 4) is 0 Å². The molecular formula is C24H28N4O. The maximum Gasteiger partial charge on any atom is 0.257 e. The molecule has 1 atom stereocenters. The molecule has 0 spiro atoms. The number of carbonyl (C=O) groups is 1. The summed E-state index contributed by atoms with van der Waals surface area (Å²) >= 11 is 0. The Hall–Kier alpha value is -2.95. The number of amides is 1. The normalized spacial score (nSPS) is 16.8. The van der Waals surface area contributed by atoms with Crippen LogP contribution in [0.5, 0.6) is 0 Å². The number of pyridine rings is 2. The highest BCUT2D eigenvalue weighted by molar-refractivity contribution is 6.07. The van der Waals surface area contributed by atoms with Gasteiger partial charge in [0.2, 0.25) is 0 Å². The average molecular weight is 389 g/mol. The molecule has 0 unspecified atom stereocenters. The summed E-state index contributed by atoms with van der Waals surface area (Å²) < 4.78 is 0. The molecule has 3 heterocycles. The summed E-state index contributed by atoms with van der Waals surface area (Å²) in [6, 6.07) is 12.3. The van der Waals surface area contributed by atoms with Gasteiger partial charge in [0.25, 0.3) is 5.91 Å². The third-order valence-corrected chi connectivity index (χ3v) is 5.65. The fraction of sp³-hybridized carbons (Fsp3) is 0.375. The van der Waals surface area contributed by atoms with Crippen molar-refractivity contribution in [1.82, 2.24) is 14.9 Å². The SMILES string of the molecule is CCc1cccc(Nc2c(C(=O)N3CCC[C@@H](C)C3)cnc3nc(C)ccc23)c1. The molecule has 150 valence electrons. The molecule has 5 heteroatoms. The van der Waals surface area contributed by atoms with Crippen molar-refractivity contribution in [2.45, 2.75) is 40.0 Å². The van der Waals surface area contributed by atoms with E-state index in [1.807, 2.05) is 36.1 Å². The first-order valence-corrected chi connectivity index (χ1v) is 10.5. The molecule has 1 N–H and O–H groups in total. The highest BCUT2D eigenvalue weighted by Crippen LogP contribution is 2.31. The maximum atomic E-state index is 13.4. The minimum atomic E-state index is 0.0423. The van der Waals surface area contributed by atoms with Crippen LogP contribution < -0.4 is 5.32 Å². The van der Waals surface area contributed by atoms with Crippen LogP contribution in [0, 0.1) is 12.8 Å². The second-order valence-electron chi connectivity index (χ2n) is 8.05. The van der Waals surface area contributed by atoms with Crippen molar-refractivity contribution in [3.05, 3.63) is 59.4 Å². The van der Waals surface area contributed by atoms with Gasteiger partial charge in [-0.25, -0.2) is 9.97 Å². The highest BCUT2D eigenvalue weighted by Gasteiger charge is 2.25. The first-order valence-electron chi connectivity index (χ1n) is 10.5. The van der Waals surface area contributed by atoms with Gasteiger partial charge in [-0.15, -0.1) is 0 Å². The molecule has 3 aromatic rings. The van der Waals surface area contributed by atoms with Crippen LogP contribution in [0.15, 0.2) is 42.6 Å². The van der Waals surface area contributed by atoms with E-state index < -0.39 is 0 Å². The molecule has 5 nitrogen and oxygen atoms in total. The number of hydrogen-bond donors (Lipinski definition) is 1. The smallest absolute Gasteiger partial charge is 0.257 e. The highest BCUT2D eigenvalue weighted by atomic mass is 16.2. The maximum absolute atomic E-state index is 13.4. The van der Waals surface area contributed by atoms with Gasteiger partial charge < -0.3 is 10.2 Å². The molecule has 29 heavy (non-hydrogen) atoms. The van der Waals surface area contributed by atoms with Gasteiger partial charge in [-0.2, -0.15) is 0 Å². The van der Waals surface area contributed by atoms with Gasteiger partial charge in [0.15, 0.2) is 5.65 Å². The van der Waals surface area contributed by atoms with Gasteiger partial charge >= 0.3 is 0 Å². The van der Waals surface area contributed by atoms with E-state index in [9.17, 15) is 4.79 Å². The molecule has 1 amide bonds. The first-order chi connectivity index (χ1) is 14.0. The van der Waals surface area contributed by atoms with Crippen LogP contribution in [-0.2, 0) is 6.42 Å². The number of carbonyl (C=O) groups excluding carboxylic acids is 1. The number of likely N-dealkylation sites (tertiary alicyclic amines) is 1. The molecule has 2 aromatic heterocycles. The summed E-state index contributed by atoms with van der Waals surface area (Å²) in [4.78, 5) is 24.5. The van der Waals surface area contributed by atoms with Crippen molar-refractivity contribution >= 4 is 28.3 Å². The zero-order valence-corrected chi connectivity index (χ0v) is 17.4. The van der Waals surface area contributed by atoms with E-state index in [2.05, 4.69) is 41.3 Å². The summed E-state index contributed by atoms with van der Waals surface area (Å²) in [5, 5.41) is 4.38. The summed E-state index contributed by atoms with van der Waals surface area (Å²) in [6.07, 6.45) is 4.88. The molecular weight excluding hydrogens is 360 g/mol. The Labute approximate surface area is 172 Å². The standard InChI is InChI=1S/C24H28N4O/c1-4-18-8-5-9-19(13-18)27-22-20-11-10-17(3)26-23(20)25-14-21(22)24(29)28-12-6-7-16(2)15-28/h5,8-11,13-14,16H,4,6-7,12,15H2,1-3H3,(H,25,26,27)/t16-/m1/s1. The number of rotatable bonds is 4. The summed E-state index contributed by atoms with van der Waals surface area (Å²) in [6.45, 7) is 7.90. The fourth-order valence-corrected chi connectivity index (χ4v) is 4.03. The van der Waals surface area contributed by atoms with Gasteiger partial charge in [-0.05, 0) is 61.9 Å². The molecule has 0 radical (unpaired) electrons. The first kappa shape index (κ1) is 19.4. The predicted molar refractivity (Wildman–Crippen MR) is 118 cm³/mol. The van der Waals surface area contributed by atoms with E-state index in [4.69, 9.17) is 0 Å². The topological polar surface area (TPSA) is 58.1 Å². The predicted octanol–water partition coefficient (Wildman–Crippen LogP) is 5.12. The largest absolute Gasteiger partial charge is 0.354 e. The second-order valence-corrected chi connectivity index (χ2v) is 8.05. The zero-order valence-electron chi connectivity index (χ0n) is 17.4. The molecule has 0 aliphatic carbocycles. The number of aryl methyl sites for hydroxylation is 2. The third kappa shape index (κ3) is 4.09. The number of benzene rings is 1. The van der Waals surface area contributed by atoms with E-state index in [0.29, 0.717) is 17.1 Å². The molecule has 1 fully saturated rings. The molecule has 1 saturated heterocycles. The lowest BCUT2D eigenvalue weighted by atomic mass is 9.99. The van der Waals surface area contributed by atoms with E-state index >= 15 is 0 Å². The van der Waals surface area contributed by atoms with Gasteiger partial charge in [-0.1, -0.05) is 26.0 Å². The lowest BCUT2D eigenvalue weighted by molar-refractivity contribution is 0.0684. The van der Waals surface area contributed by atoms with E-state index in [1.165, 1.54) is 12.0 Å². The molecule has 4 rings (SSSR count). The number of nitrogens with zero attached hydrogens (tertiary/aromatic N) is 3. The molecule has 1 aliphatic rings. The Bertz CT molecular complexity index is 1050. The monoisotopic (exact) mass is 388 g/mol. The van der Waals surface area contributed by atoms with Crippen LogP contribution in [0.4, 0.5) is 11.4 Å². The quantitative estimate of drug-likeness (QED) is 0.674. The summed E-state index contributed by atoms with van der Waals surface area (Å²) in [5.41, 5.74) is 5.19. The van der Waals surface area contributed by atoms with Crippen LogP contribution in [0.1, 0.15) is 48.3 Å². The molecule has 0 bridgehead atoms. The van der Waals surface area contributed by atoms with E-state index in [0.717, 1.165) is 48.4 Å². The number of nitrogens with one attached hydrogen (secondary N) is 1. The van der Waals surface area contributed by atoms with Crippen molar-refractivity contribution in [2.75, 3.05) is 18.4 Å². The van der Waals surface area contributed by atoms with E-state index in [1.54, 1.807) is 6.20 Å². The number of anilines is 2. The van der Waals surface area contributed by atoms with Crippen LogP contribution in [0.3, 0.4) is 0 Å². The summed E-state index contributed by atoms with van der Waals surface area (Å²) in [7, 11) is 0. The summed E-state index contributed by atoms with van der Waals surface area (Å²) in [5.74, 6) is 0.573. The Morgan fingerprint density at radius 2 is 2.14 bits per heavy atom. The minimum absolute atomic E-state index is 0.0423. The lowest BCUT2D eigenvalue weighted by Gasteiger charge is -2.31. The van der Waals surface area contributed by atoms with Crippen LogP contribution >= 0.6 is 0 Å². The minimum Gasteiger partial charge on any atom is -0.354 e. The number of piperidine rings is 1. The van der Waals surface area contributed by atoms with Crippen LogP contribution in [0.2, 0.25) is 0 Å². The Kier molecular flexibility index (Phi) is 5.47. The van der Waals surface area contributed by atoms with Crippen LogP contribution in [-0.4, -0.2) is 33.9 Å². The van der Waals surface area contributed by atoms with Gasteiger partial charge in [0.05, 0.1) is 11.3 Å². The fourth-order valence-electron chi connectivity index (χ4n) is 4.03. The van der Waals surface area contributed by atoms with Crippen molar-refractivity contribution in [1.29, 1.82) is 0 Å². The Balaban J connectivity index is 1.79. The molecule has 1 aromatic carbocycles. The lowest BCUT2D eigenvalue weighted by Crippen LogP contribution is -2.39. The third-order valence-electron chi connectivity index (χ3n) is 5.65. The van der Waals surface area contributed by atoms with Crippen molar-refractivity contribution in [2.24, 2.45) is 5.92 Å². The number of fused-ring (bicyclic) bond motifs is 1. The number of hydrogen-bond acceptors (Lipinski definition) is 4. The zero-order chi connectivity index (χ0) is 20.4.